The molecule has 2 aliphatic rings. The van der Waals surface area contributed by atoms with E-state index in [1.54, 1.807) is 19.2 Å². The van der Waals surface area contributed by atoms with Crippen molar-refractivity contribution in [2.45, 2.75) is 31.3 Å². The monoisotopic (exact) mass is 417 g/mol. The summed E-state index contributed by atoms with van der Waals surface area (Å²) in [6.45, 7) is 1.40. The van der Waals surface area contributed by atoms with Crippen molar-refractivity contribution in [2.75, 3.05) is 20.3 Å². The third kappa shape index (κ3) is 2.66. The summed E-state index contributed by atoms with van der Waals surface area (Å²) in [5.41, 5.74) is 3.40. The maximum Gasteiger partial charge on any atom is 0.318 e. The summed E-state index contributed by atoms with van der Waals surface area (Å²) in [6.07, 6.45) is 2.80. The molecule has 1 aliphatic heterocycles. The standard InChI is InChI=1S/C20H21ClFN5O2/c1-29-8-7-23-19(28)27-10-14-15(20(27)5-2-6-20)18(26-25-14)13-9-11-3-4-12(21)16(22)17(11)24-13/h3-4,9,24H,2,5-8,10H2,1H3,(H,23,28)(H,25,26). The van der Waals surface area contributed by atoms with E-state index in [1.165, 1.54) is 0 Å². The Balaban J connectivity index is 1.53. The molecule has 0 radical (unpaired) electrons. The minimum Gasteiger partial charge on any atom is -0.383 e. The third-order valence-electron chi connectivity index (χ3n) is 6.09. The lowest BCUT2D eigenvalue weighted by molar-refractivity contribution is 0.0548. The highest BCUT2D eigenvalue weighted by atomic mass is 35.5. The Labute approximate surface area is 171 Å². The number of H-pyrrole nitrogens is 2. The van der Waals surface area contributed by atoms with Crippen LogP contribution in [0.15, 0.2) is 18.2 Å². The van der Waals surface area contributed by atoms with Crippen LogP contribution < -0.4 is 5.32 Å². The molecular formula is C20H21ClFN5O2. The smallest absolute Gasteiger partial charge is 0.318 e. The number of carbonyl (C=O) groups is 1. The normalized spacial score (nSPS) is 17.0. The number of fused-ring (bicyclic) bond motifs is 3. The van der Waals surface area contributed by atoms with Crippen molar-refractivity contribution in [3.8, 4) is 11.4 Å². The molecule has 1 fully saturated rings. The largest absolute Gasteiger partial charge is 0.383 e. The van der Waals surface area contributed by atoms with Gasteiger partial charge < -0.3 is 19.9 Å². The molecule has 29 heavy (non-hydrogen) atoms. The summed E-state index contributed by atoms with van der Waals surface area (Å²) in [5, 5.41) is 11.3. The van der Waals surface area contributed by atoms with Crippen molar-refractivity contribution >= 4 is 28.5 Å². The number of hydrogen-bond donors (Lipinski definition) is 3. The molecule has 1 aromatic carbocycles. The highest BCUT2D eigenvalue weighted by molar-refractivity contribution is 6.31. The van der Waals surface area contributed by atoms with Gasteiger partial charge in [-0.1, -0.05) is 17.7 Å². The Hall–Kier alpha value is -2.58. The van der Waals surface area contributed by atoms with Crippen LogP contribution in [-0.4, -0.2) is 46.4 Å². The van der Waals surface area contributed by atoms with E-state index in [-0.39, 0.29) is 16.6 Å². The first-order chi connectivity index (χ1) is 14.0. The van der Waals surface area contributed by atoms with Crippen LogP contribution in [-0.2, 0) is 16.8 Å². The van der Waals surface area contributed by atoms with Gasteiger partial charge in [0.2, 0.25) is 0 Å². The van der Waals surface area contributed by atoms with Crippen LogP contribution in [0.1, 0.15) is 30.5 Å². The number of nitrogens with one attached hydrogen (secondary N) is 3. The molecule has 2 aromatic heterocycles. The van der Waals surface area contributed by atoms with Gasteiger partial charge in [-0.15, -0.1) is 0 Å². The van der Waals surface area contributed by atoms with Crippen molar-refractivity contribution in [1.82, 2.24) is 25.4 Å². The van der Waals surface area contributed by atoms with Gasteiger partial charge in [0.1, 0.15) is 5.69 Å². The molecular weight excluding hydrogens is 397 g/mol. The second-order valence-electron chi connectivity index (χ2n) is 7.63. The number of methoxy groups -OCH3 is 1. The first kappa shape index (κ1) is 18.4. The van der Waals surface area contributed by atoms with Gasteiger partial charge in [0.25, 0.3) is 0 Å². The Morgan fingerprint density at radius 3 is 3.00 bits per heavy atom. The van der Waals surface area contributed by atoms with Crippen LogP contribution in [0.3, 0.4) is 0 Å². The van der Waals surface area contributed by atoms with E-state index in [1.807, 2.05) is 11.0 Å². The molecule has 152 valence electrons. The molecule has 5 rings (SSSR count). The summed E-state index contributed by atoms with van der Waals surface area (Å²) in [5.74, 6) is -0.472. The number of hydrogen-bond acceptors (Lipinski definition) is 3. The number of aromatic amines is 2. The van der Waals surface area contributed by atoms with Crippen LogP contribution >= 0.6 is 11.6 Å². The van der Waals surface area contributed by atoms with Crippen molar-refractivity contribution in [2.24, 2.45) is 0 Å². The van der Waals surface area contributed by atoms with Gasteiger partial charge in [-0.05, 0) is 31.4 Å². The van der Waals surface area contributed by atoms with E-state index in [0.717, 1.165) is 41.6 Å². The van der Waals surface area contributed by atoms with E-state index >= 15 is 0 Å². The molecule has 0 unspecified atom stereocenters. The van der Waals surface area contributed by atoms with E-state index in [9.17, 15) is 9.18 Å². The molecule has 3 aromatic rings. The number of ether oxygens (including phenoxy) is 1. The van der Waals surface area contributed by atoms with Gasteiger partial charge in [-0.2, -0.15) is 5.10 Å². The predicted octanol–water partition coefficient (Wildman–Crippen LogP) is 3.90. The lowest BCUT2D eigenvalue weighted by atomic mass is 9.71. The molecule has 1 saturated carbocycles. The zero-order chi connectivity index (χ0) is 20.2. The Morgan fingerprint density at radius 1 is 1.45 bits per heavy atom. The van der Waals surface area contributed by atoms with Crippen LogP contribution in [0, 0.1) is 5.82 Å². The number of amides is 2. The highest BCUT2D eigenvalue weighted by Crippen LogP contribution is 2.54. The second-order valence-corrected chi connectivity index (χ2v) is 8.04. The fourth-order valence-corrected chi connectivity index (χ4v) is 4.71. The van der Waals surface area contributed by atoms with E-state index in [2.05, 4.69) is 20.5 Å². The highest BCUT2D eigenvalue weighted by Gasteiger charge is 2.54. The maximum atomic E-state index is 14.4. The first-order valence-corrected chi connectivity index (χ1v) is 10.0. The summed E-state index contributed by atoms with van der Waals surface area (Å²) in [4.78, 5) is 17.8. The van der Waals surface area contributed by atoms with Gasteiger partial charge in [0, 0.05) is 24.6 Å². The topological polar surface area (TPSA) is 86.0 Å². The Kier molecular flexibility index (Phi) is 4.29. The minimum atomic E-state index is -0.472. The molecule has 7 nitrogen and oxygen atoms in total. The van der Waals surface area contributed by atoms with Gasteiger partial charge >= 0.3 is 6.03 Å². The van der Waals surface area contributed by atoms with Gasteiger partial charge in [-0.25, -0.2) is 9.18 Å². The first-order valence-electron chi connectivity index (χ1n) is 9.64. The number of benzene rings is 1. The molecule has 2 amide bonds. The molecule has 3 heterocycles. The van der Waals surface area contributed by atoms with Crippen LogP contribution in [0.5, 0.6) is 0 Å². The third-order valence-corrected chi connectivity index (χ3v) is 6.38. The number of urea groups is 1. The predicted molar refractivity (Wildman–Crippen MR) is 107 cm³/mol. The van der Waals surface area contributed by atoms with Crippen LogP contribution in [0.4, 0.5) is 9.18 Å². The summed E-state index contributed by atoms with van der Waals surface area (Å²) < 4.78 is 19.4. The van der Waals surface area contributed by atoms with Gasteiger partial charge in [0.05, 0.1) is 40.6 Å². The number of nitrogens with zero attached hydrogens (tertiary/aromatic N) is 2. The summed E-state index contributed by atoms with van der Waals surface area (Å²) in [7, 11) is 1.61. The van der Waals surface area contributed by atoms with E-state index < -0.39 is 5.82 Å². The Bertz CT molecular complexity index is 1100. The average molecular weight is 418 g/mol. The SMILES string of the molecule is COCCNC(=O)N1Cc2[nH]nc(-c3cc4ccc(Cl)c(F)c4[nH]3)c2C12CCC2. The summed E-state index contributed by atoms with van der Waals surface area (Å²) in [6, 6.07) is 5.10. The molecule has 9 heteroatoms. The molecule has 1 spiro atoms. The van der Waals surface area contributed by atoms with Crippen molar-refractivity contribution in [3.63, 3.8) is 0 Å². The van der Waals surface area contributed by atoms with Crippen LogP contribution in [0.2, 0.25) is 5.02 Å². The number of aromatic nitrogens is 3. The van der Waals surface area contributed by atoms with Gasteiger partial charge in [0.15, 0.2) is 5.82 Å². The minimum absolute atomic E-state index is 0.0764. The zero-order valence-electron chi connectivity index (χ0n) is 15.9. The fraction of sp³-hybridized carbons (Fsp3) is 0.400. The van der Waals surface area contributed by atoms with Crippen LogP contribution in [0.25, 0.3) is 22.3 Å². The molecule has 3 N–H and O–H groups in total. The summed E-state index contributed by atoms with van der Waals surface area (Å²) >= 11 is 5.92. The lowest BCUT2D eigenvalue weighted by Gasteiger charge is -2.46. The lowest BCUT2D eigenvalue weighted by Crippen LogP contribution is -2.53. The quantitative estimate of drug-likeness (QED) is 0.563. The Morgan fingerprint density at radius 2 is 2.28 bits per heavy atom. The number of rotatable bonds is 4. The van der Waals surface area contributed by atoms with E-state index in [0.29, 0.717) is 30.9 Å². The second kappa shape index (κ2) is 6.74. The number of carbonyl (C=O) groups excluding carboxylic acids is 1. The average Bonchev–Trinajstić information content (AvgIpc) is 3.35. The zero-order valence-corrected chi connectivity index (χ0v) is 16.7. The molecule has 0 atom stereocenters. The molecule has 1 aliphatic carbocycles. The van der Waals surface area contributed by atoms with Crippen molar-refractivity contribution in [3.05, 3.63) is 40.3 Å². The van der Waals surface area contributed by atoms with Crippen molar-refractivity contribution in [1.29, 1.82) is 0 Å². The van der Waals surface area contributed by atoms with Gasteiger partial charge in [-0.3, -0.25) is 5.10 Å². The fourth-order valence-electron chi connectivity index (χ4n) is 4.55. The molecule has 0 saturated heterocycles. The van der Waals surface area contributed by atoms with E-state index in [4.69, 9.17) is 16.3 Å². The van der Waals surface area contributed by atoms with Crippen molar-refractivity contribution < 1.29 is 13.9 Å². The number of halogens is 2. The maximum absolute atomic E-state index is 14.4. The molecule has 0 bridgehead atoms.